The second kappa shape index (κ2) is 7.82. The Morgan fingerprint density at radius 2 is 2.08 bits per heavy atom. The molecule has 1 amide bonds. The fraction of sp³-hybridized carbons (Fsp3) is 0.588. The van der Waals surface area contributed by atoms with E-state index in [-0.39, 0.29) is 22.9 Å². The highest BCUT2D eigenvalue weighted by Gasteiger charge is 2.30. The summed E-state index contributed by atoms with van der Waals surface area (Å²) >= 11 is 0. The van der Waals surface area contributed by atoms with Gasteiger partial charge in [0.2, 0.25) is 10.0 Å². The number of nitrogens with one attached hydrogen (secondary N) is 1. The summed E-state index contributed by atoms with van der Waals surface area (Å²) in [6.45, 7) is 5.81. The van der Waals surface area contributed by atoms with Gasteiger partial charge in [-0.2, -0.15) is 4.31 Å². The smallest absolute Gasteiger partial charge is 0.253 e. The third kappa shape index (κ3) is 4.38. The van der Waals surface area contributed by atoms with E-state index >= 15 is 0 Å². The van der Waals surface area contributed by atoms with E-state index in [2.05, 4.69) is 5.32 Å². The number of nitrogens with zero attached hydrogens (tertiary/aromatic N) is 1. The normalized spacial score (nSPS) is 21.1. The minimum atomic E-state index is -3.61. The lowest BCUT2D eigenvalue weighted by Gasteiger charge is -2.22. The third-order valence-corrected chi connectivity index (χ3v) is 6.56. The monoisotopic (exact) mass is 369 g/mol. The first-order valence-corrected chi connectivity index (χ1v) is 9.86. The Morgan fingerprint density at radius 1 is 1.40 bits per heavy atom. The van der Waals surface area contributed by atoms with Crippen LogP contribution in [0.2, 0.25) is 0 Å². The largest absolute Gasteiger partial charge is 0.364 e. The van der Waals surface area contributed by atoms with Crippen molar-refractivity contribution in [1.29, 1.82) is 0 Å². The molecule has 0 bridgehead atoms. The van der Waals surface area contributed by atoms with Crippen LogP contribution in [-0.2, 0) is 19.6 Å². The Bertz CT molecular complexity index is 733. The number of nitrogens with two attached hydrogens (primary N) is 1. The zero-order valence-electron chi connectivity index (χ0n) is 15.2. The molecular weight excluding hydrogens is 342 g/mol. The minimum absolute atomic E-state index is 0.0942. The van der Waals surface area contributed by atoms with E-state index in [1.165, 1.54) is 17.4 Å². The molecule has 0 radical (unpaired) electrons. The van der Waals surface area contributed by atoms with Gasteiger partial charge in [-0.15, -0.1) is 0 Å². The Morgan fingerprint density at radius 3 is 2.64 bits per heavy atom. The highest BCUT2D eigenvalue weighted by Crippen LogP contribution is 2.25. The number of ether oxygens (including phenoxy) is 1. The van der Waals surface area contributed by atoms with Crippen molar-refractivity contribution in [3.63, 3.8) is 0 Å². The first kappa shape index (κ1) is 19.8. The molecule has 8 heteroatoms. The summed E-state index contributed by atoms with van der Waals surface area (Å²) in [6.07, 6.45) is 0.719. The van der Waals surface area contributed by atoms with Crippen LogP contribution in [0.1, 0.15) is 32.3 Å². The second-order valence-corrected chi connectivity index (χ2v) is 8.64. The fourth-order valence-corrected chi connectivity index (χ4v) is 4.02. The maximum absolute atomic E-state index is 12.6. The van der Waals surface area contributed by atoms with Gasteiger partial charge in [-0.05, 0) is 51.3 Å². The van der Waals surface area contributed by atoms with Crippen molar-refractivity contribution in [1.82, 2.24) is 4.31 Å². The van der Waals surface area contributed by atoms with Gasteiger partial charge in [0.25, 0.3) is 5.91 Å². The summed E-state index contributed by atoms with van der Waals surface area (Å²) < 4.78 is 32.2. The fourth-order valence-electron chi connectivity index (χ4n) is 2.63. The number of hydrogen-bond donors (Lipinski definition) is 2. The first-order valence-electron chi connectivity index (χ1n) is 8.42. The third-order valence-electron chi connectivity index (χ3n) is 4.53. The van der Waals surface area contributed by atoms with E-state index in [9.17, 15) is 13.2 Å². The molecule has 1 aliphatic rings. The number of sulfonamides is 1. The summed E-state index contributed by atoms with van der Waals surface area (Å²) in [5.74, 6) is -0.272. The van der Waals surface area contributed by atoms with E-state index in [1.54, 1.807) is 26.0 Å². The maximum atomic E-state index is 12.6. The Balaban J connectivity index is 2.21. The highest BCUT2D eigenvalue weighted by atomic mass is 32.2. The van der Waals surface area contributed by atoms with Gasteiger partial charge >= 0.3 is 0 Å². The lowest BCUT2D eigenvalue weighted by molar-refractivity contribution is -0.126. The molecule has 1 heterocycles. The van der Waals surface area contributed by atoms with E-state index in [0.29, 0.717) is 18.7 Å². The Labute approximate surface area is 149 Å². The van der Waals surface area contributed by atoms with E-state index < -0.39 is 16.1 Å². The average molecular weight is 369 g/mol. The molecule has 1 aliphatic heterocycles. The van der Waals surface area contributed by atoms with Gasteiger partial charge in [-0.25, -0.2) is 8.42 Å². The summed E-state index contributed by atoms with van der Waals surface area (Å²) in [5, 5.41) is 2.79. The predicted octanol–water partition coefficient (Wildman–Crippen LogP) is 1.47. The van der Waals surface area contributed by atoms with Gasteiger partial charge in [-0.3, -0.25) is 4.79 Å². The van der Waals surface area contributed by atoms with Gasteiger partial charge in [0, 0.05) is 25.3 Å². The number of rotatable bonds is 6. The zero-order valence-corrected chi connectivity index (χ0v) is 16.0. The van der Waals surface area contributed by atoms with Crippen LogP contribution in [0.4, 0.5) is 5.69 Å². The van der Waals surface area contributed by atoms with Gasteiger partial charge in [0.15, 0.2) is 0 Å². The summed E-state index contributed by atoms with van der Waals surface area (Å²) in [7, 11) is -2.07. The summed E-state index contributed by atoms with van der Waals surface area (Å²) in [6, 6.07) is 4.57. The molecule has 1 fully saturated rings. The van der Waals surface area contributed by atoms with E-state index in [1.807, 2.05) is 6.92 Å². The molecule has 0 saturated carbocycles. The van der Waals surface area contributed by atoms with Gasteiger partial charge in [0.05, 0.1) is 11.0 Å². The maximum Gasteiger partial charge on any atom is 0.253 e. The minimum Gasteiger partial charge on any atom is -0.364 e. The lowest BCUT2D eigenvalue weighted by atomic mass is 10.1. The topological polar surface area (TPSA) is 102 Å². The highest BCUT2D eigenvalue weighted by molar-refractivity contribution is 7.89. The van der Waals surface area contributed by atoms with Crippen LogP contribution in [0.15, 0.2) is 23.1 Å². The number of carbonyl (C=O) groups is 1. The molecule has 0 unspecified atom stereocenters. The number of carbonyl (C=O) groups excluding carboxylic acids is 1. The van der Waals surface area contributed by atoms with Crippen molar-refractivity contribution in [3.8, 4) is 0 Å². The standard InChI is InChI=1S/C17H27N3O4S/c1-11(2)20(4)25(22,23)14-7-5-12(3)15(9-14)19-17(21)16-8-6-13(10-18)24-16/h5,7,9,11,13,16H,6,8,10,18H2,1-4H3,(H,19,21)/t13-,16+/m1/s1. The van der Waals surface area contributed by atoms with Gasteiger partial charge in [-0.1, -0.05) is 6.07 Å². The lowest BCUT2D eigenvalue weighted by Crippen LogP contribution is -2.33. The van der Waals surface area contributed by atoms with Gasteiger partial charge in [0.1, 0.15) is 6.10 Å². The van der Waals surface area contributed by atoms with Crippen molar-refractivity contribution in [3.05, 3.63) is 23.8 Å². The van der Waals surface area contributed by atoms with E-state index in [4.69, 9.17) is 10.5 Å². The molecule has 1 saturated heterocycles. The van der Waals surface area contributed by atoms with Gasteiger partial charge < -0.3 is 15.8 Å². The van der Waals surface area contributed by atoms with Crippen LogP contribution in [0.25, 0.3) is 0 Å². The molecule has 7 nitrogen and oxygen atoms in total. The molecule has 1 aromatic carbocycles. The van der Waals surface area contributed by atoms with Crippen molar-refractivity contribution in [2.45, 2.75) is 56.8 Å². The average Bonchev–Trinajstić information content (AvgIpc) is 3.05. The van der Waals surface area contributed by atoms with Crippen LogP contribution < -0.4 is 11.1 Å². The number of amides is 1. The van der Waals surface area contributed by atoms with Crippen molar-refractivity contribution >= 4 is 21.6 Å². The molecule has 0 spiro atoms. The van der Waals surface area contributed by atoms with Crippen molar-refractivity contribution in [2.75, 3.05) is 18.9 Å². The SMILES string of the molecule is Cc1ccc(S(=O)(=O)N(C)C(C)C)cc1NC(=O)[C@@H]1CC[C@H](CN)O1. The first-order chi connectivity index (χ1) is 11.7. The molecule has 1 aromatic rings. The molecule has 0 aromatic heterocycles. The van der Waals surface area contributed by atoms with E-state index in [0.717, 1.165) is 12.0 Å². The Kier molecular flexibility index (Phi) is 6.21. The molecule has 2 atom stereocenters. The molecule has 3 N–H and O–H groups in total. The molecular formula is C17H27N3O4S. The zero-order chi connectivity index (χ0) is 18.8. The number of aryl methyl sites for hydroxylation is 1. The Hall–Kier alpha value is -1.48. The molecule has 0 aliphatic carbocycles. The second-order valence-electron chi connectivity index (χ2n) is 6.64. The summed E-state index contributed by atoms with van der Waals surface area (Å²) in [5.41, 5.74) is 6.83. The van der Waals surface area contributed by atoms with Crippen molar-refractivity contribution < 1.29 is 17.9 Å². The molecule has 140 valence electrons. The van der Waals surface area contributed by atoms with Crippen LogP contribution >= 0.6 is 0 Å². The number of anilines is 1. The van der Waals surface area contributed by atoms with Crippen molar-refractivity contribution in [2.24, 2.45) is 5.73 Å². The molecule has 2 rings (SSSR count). The summed E-state index contributed by atoms with van der Waals surface area (Å²) in [4.78, 5) is 12.5. The predicted molar refractivity (Wildman–Crippen MR) is 96.8 cm³/mol. The number of benzene rings is 1. The van der Waals surface area contributed by atoms with Crippen LogP contribution in [0.5, 0.6) is 0 Å². The van der Waals surface area contributed by atoms with Crippen LogP contribution in [-0.4, -0.2) is 50.5 Å². The quantitative estimate of drug-likeness (QED) is 0.791. The van der Waals surface area contributed by atoms with Crippen LogP contribution in [0.3, 0.4) is 0 Å². The van der Waals surface area contributed by atoms with Crippen LogP contribution in [0, 0.1) is 6.92 Å². The number of hydrogen-bond acceptors (Lipinski definition) is 5. The molecule has 25 heavy (non-hydrogen) atoms.